The quantitative estimate of drug-likeness (QED) is 0.745. The van der Waals surface area contributed by atoms with Crippen LogP contribution in [-0.4, -0.2) is 14.3 Å². The Labute approximate surface area is 109 Å². The van der Waals surface area contributed by atoms with Gasteiger partial charge in [-0.3, -0.25) is 4.79 Å². The van der Waals surface area contributed by atoms with Gasteiger partial charge in [-0.15, -0.1) is 0 Å². The van der Waals surface area contributed by atoms with Gasteiger partial charge in [0.2, 0.25) is 0 Å². The molecule has 2 rings (SSSR count). The summed E-state index contributed by atoms with van der Waals surface area (Å²) in [5, 5.41) is 9.10. The number of benzene rings is 1. The fourth-order valence-corrected chi connectivity index (χ4v) is 1.61. The van der Waals surface area contributed by atoms with Crippen molar-refractivity contribution in [2.24, 2.45) is 0 Å². The van der Waals surface area contributed by atoms with E-state index in [0.717, 1.165) is 0 Å². The molecule has 0 saturated carbocycles. The van der Waals surface area contributed by atoms with Crippen molar-refractivity contribution in [2.75, 3.05) is 5.84 Å². The van der Waals surface area contributed by atoms with Gasteiger partial charge in [-0.2, -0.15) is 13.2 Å². The number of nitrogens with zero attached hydrogens (tertiary/aromatic N) is 2. The van der Waals surface area contributed by atoms with Crippen LogP contribution in [0.15, 0.2) is 39.9 Å². The lowest BCUT2D eigenvalue weighted by Gasteiger charge is -2.13. The Bertz CT molecular complexity index is 760. The monoisotopic (exact) mass is 287 g/mol. The number of halogens is 3. The summed E-state index contributed by atoms with van der Waals surface area (Å²) in [7, 11) is 0. The van der Waals surface area contributed by atoms with Crippen LogP contribution < -0.4 is 17.1 Å². The highest BCUT2D eigenvalue weighted by Gasteiger charge is 2.35. The number of nitrogen functional groups attached to an aromatic ring is 1. The molecule has 0 aliphatic heterocycles. The van der Waals surface area contributed by atoms with Crippen LogP contribution in [-0.2, 0) is 6.18 Å². The maximum atomic E-state index is 12.6. The smallest absolute Gasteiger partial charge is 0.433 e. The molecule has 9 heteroatoms. The lowest BCUT2D eigenvalue weighted by Crippen LogP contribution is -2.45. The number of rotatable bonds is 1. The molecule has 0 fully saturated rings. The third-order valence-corrected chi connectivity index (χ3v) is 2.54. The maximum Gasteiger partial charge on any atom is 0.433 e. The maximum absolute atomic E-state index is 12.6. The number of phenols is 1. The first-order valence-electron chi connectivity index (χ1n) is 5.22. The normalized spacial score (nSPS) is 11.6. The number of aromatic nitrogens is 2. The second-order valence-corrected chi connectivity index (χ2v) is 3.87. The van der Waals surface area contributed by atoms with Crippen molar-refractivity contribution >= 4 is 0 Å². The van der Waals surface area contributed by atoms with E-state index in [9.17, 15) is 22.8 Å². The number of alkyl halides is 3. The van der Waals surface area contributed by atoms with Crippen molar-refractivity contribution in [3.05, 3.63) is 56.9 Å². The Kier molecular flexibility index (Phi) is 3.04. The average molecular weight is 287 g/mol. The van der Waals surface area contributed by atoms with Gasteiger partial charge in [-0.25, -0.2) is 14.0 Å². The van der Waals surface area contributed by atoms with Crippen LogP contribution in [0.5, 0.6) is 5.75 Å². The lowest BCUT2D eigenvalue weighted by molar-refractivity contribution is -0.143. The summed E-state index contributed by atoms with van der Waals surface area (Å²) in [6.45, 7) is 0. The van der Waals surface area contributed by atoms with E-state index in [2.05, 4.69) is 0 Å². The molecule has 0 amide bonds. The third-order valence-electron chi connectivity index (χ3n) is 2.54. The molecule has 3 N–H and O–H groups in total. The van der Waals surface area contributed by atoms with E-state index < -0.39 is 23.1 Å². The Morgan fingerprint density at radius 2 is 1.65 bits per heavy atom. The molecule has 0 aliphatic rings. The molecule has 0 unspecified atom stereocenters. The molecule has 106 valence electrons. The standard InChI is InChI=1S/C11H8F3N3O3/c12-11(13,14)8-5-9(19)16(10(20)17(8)15)6-1-3-7(18)4-2-6/h1-5,18H,15H2. The molecule has 0 radical (unpaired) electrons. The average Bonchev–Trinajstić information content (AvgIpc) is 2.35. The van der Waals surface area contributed by atoms with Gasteiger partial charge in [-0.05, 0) is 24.3 Å². The predicted octanol–water partition coefficient (Wildman–Crippen LogP) is 0.437. The Balaban J connectivity index is 2.75. The van der Waals surface area contributed by atoms with Crippen LogP contribution in [0.3, 0.4) is 0 Å². The molecule has 0 atom stereocenters. The lowest BCUT2D eigenvalue weighted by atomic mass is 10.3. The highest BCUT2D eigenvalue weighted by Crippen LogP contribution is 2.26. The van der Waals surface area contributed by atoms with Crippen LogP contribution in [0.4, 0.5) is 13.2 Å². The Morgan fingerprint density at radius 3 is 2.15 bits per heavy atom. The van der Waals surface area contributed by atoms with Gasteiger partial charge in [-0.1, -0.05) is 0 Å². The summed E-state index contributed by atoms with van der Waals surface area (Å²) < 4.78 is 38.0. The number of hydrogen-bond acceptors (Lipinski definition) is 4. The van der Waals surface area contributed by atoms with Crippen molar-refractivity contribution < 1.29 is 18.3 Å². The molecular weight excluding hydrogens is 279 g/mol. The van der Waals surface area contributed by atoms with Crippen LogP contribution >= 0.6 is 0 Å². The first kappa shape index (κ1) is 13.7. The van der Waals surface area contributed by atoms with Gasteiger partial charge in [0.25, 0.3) is 5.56 Å². The van der Waals surface area contributed by atoms with E-state index in [1.807, 2.05) is 0 Å². The molecule has 1 aromatic carbocycles. The van der Waals surface area contributed by atoms with Gasteiger partial charge >= 0.3 is 11.9 Å². The van der Waals surface area contributed by atoms with Crippen LogP contribution in [0, 0.1) is 0 Å². The van der Waals surface area contributed by atoms with E-state index in [4.69, 9.17) is 10.9 Å². The minimum Gasteiger partial charge on any atom is -0.508 e. The summed E-state index contributed by atoms with van der Waals surface area (Å²) in [5.41, 5.74) is -4.06. The van der Waals surface area contributed by atoms with Crippen molar-refractivity contribution in [3.63, 3.8) is 0 Å². The molecule has 0 saturated heterocycles. The summed E-state index contributed by atoms with van der Waals surface area (Å²) in [4.78, 5) is 23.5. The summed E-state index contributed by atoms with van der Waals surface area (Å²) >= 11 is 0. The van der Waals surface area contributed by atoms with Crippen molar-refractivity contribution in [3.8, 4) is 11.4 Å². The first-order chi connectivity index (χ1) is 9.21. The second-order valence-electron chi connectivity index (χ2n) is 3.87. The highest BCUT2D eigenvalue weighted by molar-refractivity contribution is 5.36. The molecule has 20 heavy (non-hydrogen) atoms. The van der Waals surface area contributed by atoms with E-state index in [1.54, 1.807) is 0 Å². The molecule has 0 bridgehead atoms. The van der Waals surface area contributed by atoms with E-state index in [1.165, 1.54) is 24.3 Å². The molecule has 6 nitrogen and oxygen atoms in total. The third kappa shape index (κ3) is 2.25. The number of nitrogens with two attached hydrogens (primary N) is 1. The Hall–Kier alpha value is -2.71. The van der Waals surface area contributed by atoms with E-state index in [0.29, 0.717) is 4.57 Å². The van der Waals surface area contributed by atoms with Crippen LogP contribution in [0.1, 0.15) is 5.69 Å². The zero-order valence-corrected chi connectivity index (χ0v) is 9.76. The topological polar surface area (TPSA) is 90.2 Å². The predicted molar refractivity (Wildman–Crippen MR) is 63.1 cm³/mol. The van der Waals surface area contributed by atoms with Crippen molar-refractivity contribution in [1.82, 2.24) is 9.24 Å². The van der Waals surface area contributed by atoms with Gasteiger partial charge in [0.05, 0.1) is 5.69 Å². The SMILES string of the molecule is Nn1c(C(F)(F)F)cc(=O)n(-c2ccc(O)cc2)c1=O. The summed E-state index contributed by atoms with van der Waals surface area (Å²) in [6, 6.07) is 4.99. The molecule has 1 aromatic heterocycles. The minimum absolute atomic E-state index is 0.00859. The fourth-order valence-electron chi connectivity index (χ4n) is 1.61. The largest absolute Gasteiger partial charge is 0.508 e. The number of phenolic OH excluding ortho intramolecular Hbond substituents is 1. The summed E-state index contributed by atoms with van der Waals surface area (Å²) in [6.07, 6.45) is -4.92. The minimum atomic E-state index is -4.92. The van der Waals surface area contributed by atoms with Crippen LogP contribution in [0.2, 0.25) is 0 Å². The molecule has 2 aromatic rings. The van der Waals surface area contributed by atoms with Gasteiger partial charge in [0.1, 0.15) is 5.75 Å². The Morgan fingerprint density at radius 1 is 1.10 bits per heavy atom. The fraction of sp³-hybridized carbons (Fsp3) is 0.0909. The number of hydrogen-bond donors (Lipinski definition) is 2. The second kappa shape index (κ2) is 4.44. The van der Waals surface area contributed by atoms with Gasteiger partial charge in [0.15, 0.2) is 5.69 Å². The van der Waals surface area contributed by atoms with Crippen molar-refractivity contribution in [2.45, 2.75) is 6.18 Å². The van der Waals surface area contributed by atoms with Crippen molar-refractivity contribution in [1.29, 1.82) is 0 Å². The zero-order chi connectivity index (χ0) is 15.1. The molecular formula is C11H8F3N3O3. The van der Waals surface area contributed by atoms with E-state index >= 15 is 0 Å². The zero-order valence-electron chi connectivity index (χ0n) is 9.76. The number of aromatic hydroxyl groups is 1. The van der Waals surface area contributed by atoms with Gasteiger partial charge in [0, 0.05) is 6.07 Å². The molecule has 0 spiro atoms. The summed E-state index contributed by atoms with van der Waals surface area (Å²) in [5.74, 6) is 4.96. The van der Waals surface area contributed by atoms with Crippen LogP contribution in [0.25, 0.3) is 5.69 Å². The van der Waals surface area contributed by atoms with Gasteiger partial charge < -0.3 is 10.9 Å². The highest BCUT2D eigenvalue weighted by atomic mass is 19.4. The first-order valence-corrected chi connectivity index (χ1v) is 5.22. The van der Waals surface area contributed by atoms with E-state index in [-0.39, 0.29) is 22.2 Å². The molecule has 0 aliphatic carbocycles. The molecule has 1 heterocycles.